The number of ether oxygens (including phenoxy) is 1. The molecule has 2 aromatic rings. The number of aromatic nitrogens is 2. The minimum atomic E-state index is 0.180. The third-order valence-electron chi connectivity index (χ3n) is 3.43. The fraction of sp³-hybridized carbons (Fsp3) is 0.471. The summed E-state index contributed by atoms with van der Waals surface area (Å²) in [6.45, 7) is 8.98. The van der Waals surface area contributed by atoms with Crippen LogP contribution in [0.1, 0.15) is 32.0 Å². The molecule has 4 nitrogen and oxygen atoms in total. The fourth-order valence-electron chi connectivity index (χ4n) is 2.10. The first-order valence-corrected chi connectivity index (χ1v) is 7.36. The maximum absolute atomic E-state index is 5.00. The molecule has 1 heterocycles. The van der Waals surface area contributed by atoms with Crippen molar-refractivity contribution in [3.05, 3.63) is 47.8 Å². The van der Waals surface area contributed by atoms with Gasteiger partial charge in [0.05, 0.1) is 18.0 Å². The van der Waals surface area contributed by atoms with Crippen molar-refractivity contribution >= 4 is 0 Å². The van der Waals surface area contributed by atoms with Crippen molar-refractivity contribution in [2.75, 3.05) is 20.3 Å². The Morgan fingerprint density at radius 2 is 1.86 bits per heavy atom. The summed E-state index contributed by atoms with van der Waals surface area (Å²) in [5.41, 5.74) is 3.64. The topological polar surface area (TPSA) is 39.1 Å². The molecule has 0 fully saturated rings. The lowest BCUT2D eigenvalue weighted by Crippen LogP contribution is -2.18. The molecule has 1 N–H and O–H groups in total. The van der Waals surface area contributed by atoms with Crippen LogP contribution in [0.4, 0.5) is 0 Å². The van der Waals surface area contributed by atoms with Crippen LogP contribution >= 0.6 is 0 Å². The molecule has 0 atom stereocenters. The van der Waals surface area contributed by atoms with Crippen molar-refractivity contribution in [1.29, 1.82) is 0 Å². The number of nitrogens with zero attached hydrogens (tertiary/aromatic N) is 2. The number of hydrogen-bond donors (Lipinski definition) is 1. The number of benzene rings is 1. The molecule has 1 aromatic heterocycles. The van der Waals surface area contributed by atoms with Crippen LogP contribution < -0.4 is 5.32 Å². The molecule has 114 valence electrons. The molecule has 0 saturated heterocycles. The van der Waals surface area contributed by atoms with E-state index in [9.17, 15) is 0 Å². The maximum Gasteiger partial charge on any atom is 0.0766 e. The van der Waals surface area contributed by atoms with Crippen LogP contribution in [-0.4, -0.2) is 30.0 Å². The van der Waals surface area contributed by atoms with E-state index in [2.05, 4.69) is 55.5 Å². The number of methoxy groups -OCH3 is 1. The van der Waals surface area contributed by atoms with E-state index < -0.39 is 0 Å². The highest BCUT2D eigenvalue weighted by atomic mass is 16.5. The van der Waals surface area contributed by atoms with Crippen LogP contribution in [0.2, 0.25) is 0 Å². The van der Waals surface area contributed by atoms with Crippen molar-refractivity contribution < 1.29 is 4.74 Å². The Morgan fingerprint density at radius 3 is 2.48 bits per heavy atom. The van der Waals surface area contributed by atoms with Crippen LogP contribution in [0.3, 0.4) is 0 Å². The van der Waals surface area contributed by atoms with Gasteiger partial charge in [-0.05, 0) is 29.2 Å². The Bertz CT molecular complexity index is 552. The maximum atomic E-state index is 5.00. The van der Waals surface area contributed by atoms with Crippen molar-refractivity contribution in [2.45, 2.75) is 32.7 Å². The van der Waals surface area contributed by atoms with E-state index in [0.717, 1.165) is 31.1 Å². The number of rotatable bonds is 6. The normalized spacial score (nSPS) is 11.8. The van der Waals surface area contributed by atoms with Gasteiger partial charge in [-0.1, -0.05) is 32.9 Å². The molecule has 21 heavy (non-hydrogen) atoms. The third kappa shape index (κ3) is 4.41. The largest absolute Gasteiger partial charge is 0.383 e. The zero-order valence-electron chi connectivity index (χ0n) is 13.4. The van der Waals surface area contributed by atoms with Crippen molar-refractivity contribution in [1.82, 2.24) is 15.1 Å². The standard InChI is InChI=1S/C17H25N3O/c1-17(2,3)14-5-7-16(8-6-14)20-11-9-15(19-20)13-18-10-12-21-4/h5-9,11,18H,10,12-13H2,1-4H3. The first kappa shape index (κ1) is 15.7. The first-order chi connectivity index (χ1) is 10.0. The van der Waals surface area contributed by atoms with Crippen molar-refractivity contribution in [2.24, 2.45) is 0 Å². The lowest BCUT2D eigenvalue weighted by molar-refractivity contribution is 0.199. The van der Waals surface area contributed by atoms with E-state index in [4.69, 9.17) is 4.74 Å². The lowest BCUT2D eigenvalue weighted by Gasteiger charge is -2.19. The summed E-state index contributed by atoms with van der Waals surface area (Å²) in [5, 5.41) is 7.88. The van der Waals surface area contributed by atoms with Gasteiger partial charge in [-0.25, -0.2) is 4.68 Å². The summed E-state index contributed by atoms with van der Waals surface area (Å²) in [4.78, 5) is 0. The summed E-state index contributed by atoms with van der Waals surface area (Å²) in [6, 6.07) is 10.6. The molecule has 0 radical (unpaired) electrons. The molecule has 1 aromatic carbocycles. The Labute approximate surface area is 127 Å². The van der Waals surface area contributed by atoms with E-state index in [-0.39, 0.29) is 5.41 Å². The van der Waals surface area contributed by atoms with Gasteiger partial charge < -0.3 is 10.1 Å². The van der Waals surface area contributed by atoms with Gasteiger partial charge >= 0.3 is 0 Å². The second-order valence-corrected chi connectivity index (χ2v) is 6.22. The third-order valence-corrected chi connectivity index (χ3v) is 3.43. The molecule has 0 aliphatic rings. The SMILES string of the molecule is COCCNCc1ccn(-c2ccc(C(C)(C)C)cc2)n1. The van der Waals surface area contributed by atoms with E-state index in [1.165, 1.54) is 5.56 Å². The van der Waals surface area contributed by atoms with Gasteiger partial charge in [0.1, 0.15) is 0 Å². The van der Waals surface area contributed by atoms with Crippen LogP contribution in [0, 0.1) is 0 Å². The fourth-order valence-corrected chi connectivity index (χ4v) is 2.10. The highest BCUT2D eigenvalue weighted by molar-refractivity contribution is 5.36. The van der Waals surface area contributed by atoms with Gasteiger partial charge in [0.15, 0.2) is 0 Å². The lowest BCUT2D eigenvalue weighted by atomic mass is 9.87. The summed E-state index contributed by atoms with van der Waals surface area (Å²) in [7, 11) is 1.71. The van der Waals surface area contributed by atoms with E-state index in [0.29, 0.717) is 0 Å². The van der Waals surface area contributed by atoms with E-state index >= 15 is 0 Å². The molecule has 0 aliphatic carbocycles. The number of nitrogens with one attached hydrogen (secondary N) is 1. The molecule has 0 bridgehead atoms. The van der Waals surface area contributed by atoms with Gasteiger partial charge in [-0.3, -0.25) is 0 Å². The Hall–Kier alpha value is -1.65. The van der Waals surface area contributed by atoms with Crippen LogP contribution in [0.25, 0.3) is 5.69 Å². The second-order valence-electron chi connectivity index (χ2n) is 6.22. The molecule has 4 heteroatoms. The van der Waals surface area contributed by atoms with E-state index in [1.807, 2.05) is 16.9 Å². The average molecular weight is 287 g/mol. The van der Waals surface area contributed by atoms with Gasteiger partial charge in [0.2, 0.25) is 0 Å². The molecular formula is C17H25N3O. The van der Waals surface area contributed by atoms with Crippen LogP contribution in [0.15, 0.2) is 36.5 Å². The Morgan fingerprint density at radius 1 is 1.14 bits per heavy atom. The molecule has 2 rings (SSSR count). The smallest absolute Gasteiger partial charge is 0.0766 e. The van der Waals surface area contributed by atoms with Gasteiger partial charge in [-0.15, -0.1) is 0 Å². The van der Waals surface area contributed by atoms with Gasteiger partial charge in [0, 0.05) is 26.4 Å². The molecule has 0 amide bonds. The van der Waals surface area contributed by atoms with E-state index in [1.54, 1.807) is 7.11 Å². The Balaban J connectivity index is 2.00. The van der Waals surface area contributed by atoms with Gasteiger partial charge in [-0.2, -0.15) is 5.10 Å². The molecule has 0 aliphatic heterocycles. The highest BCUT2D eigenvalue weighted by Crippen LogP contribution is 2.23. The summed E-state index contributed by atoms with van der Waals surface area (Å²) in [6.07, 6.45) is 2.00. The zero-order valence-corrected chi connectivity index (χ0v) is 13.4. The Kier molecular flexibility index (Phi) is 5.15. The zero-order chi connectivity index (χ0) is 15.3. The predicted octanol–water partition coefficient (Wildman–Crippen LogP) is 2.91. The van der Waals surface area contributed by atoms with Crippen molar-refractivity contribution in [3.8, 4) is 5.69 Å². The second kappa shape index (κ2) is 6.87. The molecule has 0 saturated carbocycles. The average Bonchev–Trinajstić information content (AvgIpc) is 2.92. The first-order valence-electron chi connectivity index (χ1n) is 7.36. The summed E-state index contributed by atoms with van der Waals surface area (Å²) < 4.78 is 6.92. The molecular weight excluding hydrogens is 262 g/mol. The predicted molar refractivity (Wildman–Crippen MR) is 85.8 cm³/mol. The minimum Gasteiger partial charge on any atom is -0.383 e. The van der Waals surface area contributed by atoms with Crippen molar-refractivity contribution in [3.63, 3.8) is 0 Å². The summed E-state index contributed by atoms with van der Waals surface area (Å²) >= 11 is 0. The monoisotopic (exact) mass is 287 g/mol. The van der Waals surface area contributed by atoms with Crippen LogP contribution in [-0.2, 0) is 16.7 Å². The minimum absolute atomic E-state index is 0.180. The quantitative estimate of drug-likeness (QED) is 0.830. The van der Waals surface area contributed by atoms with Gasteiger partial charge in [0.25, 0.3) is 0 Å². The highest BCUT2D eigenvalue weighted by Gasteiger charge is 2.13. The van der Waals surface area contributed by atoms with Crippen LogP contribution in [0.5, 0.6) is 0 Å². The molecule has 0 spiro atoms. The number of hydrogen-bond acceptors (Lipinski definition) is 3. The summed E-state index contributed by atoms with van der Waals surface area (Å²) in [5.74, 6) is 0. The molecule has 0 unspecified atom stereocenters.